The molecule has 8 nitrogen and oxygen atoms in total. The zero-order valence-electron chi connectivity index (χ0n) is 20.9. The van der Waals surface area contributed by atoms with Gasteiger partial charge in [-0.15, -0.1) is 0 Å². The Morgan fingerprint density at radius 1 is 1.21 bits per heavy atom. The van der Waals surface area contributed by atoms with Gasteiger partial charge in [0.2, 0.25) is 5.91 Å². The van der Waals surface area contributed by atoms with Crippen LogP contribution in [-0.4, -0.2) is 65.7 Å². The average molecular weight is 470 g/mol. The van der Waals surface area contributed by atoms with E-state index in [4.69, 9.17) is 10.5 Å². The van der Waals surface area contributed by atoms with Crippen molar-refractivity contribution >= 4 is 11.7 Å². The number of anilines is 1. The van der Waals surface area contributed by atoms with Crippen LogP contribution in [0, 0.1) is 0 Å². The van der Waals surface area contributed by atoms with E-state index in [1.807, 2.05) is 24.3 Å². The van der Waals surface area contributed by atoms with E-state index in [1.165, 1.54) is 12.8 Å². The first-order valence-electron chi connectivity index (χ1n) is 12.3. The van der Waals surface area contributed by atoms with Crippen LogP contribution in [0.3, 0.4) is 0 Å². The SMILES string of the molecule is CCN(CC)c1ncnc2c1[C@H](C)C[C@H]2O.COc1ccc(C(CN2CCCC2)C(N)=O)cc1. The number of amides is 1. The van der Waals surface area contributed by atoms with Gasteiger partial charge in [-0.1, -0.05) is 19.1 Å². The van der Waals surface area contributed by atoms with Crippen molar-refractivity contribution in [2.45, 2.75) is 58.0 Å². The van der Waals surface area contributed by atoms with Crippen LogP contribution in [0.4, 0.5) is 5.82 Å². The number of rotatable bonds is 8. The van der Waals surface area contributed by atoms with Crippen LogP contribution < -0.4 is 15.4 Å². The molecular weight excluding hydrogens is 430 g/mol. The molecule has 34 heavy (non-hydrogen) atoms. The number of aromatic nitrogens is 2. The summed E-state index contributed by atoms with van der Waals surface area (Å²) in [7, 11) is 1.63. The van der Waals surface area contributed by atoms with Gasteiger partial charge < -0.3 is 25.4 Å². The number of hydrogen-bond donors (Lipinski definition) is 2. The third-order valence-electron chi connectivity index (χ3n) is 6.84. The molecule has 1 aromatic carbocycles. The Hall–Kier alpha value is -2.71. The van der Waals surface area contributed by atoms with Crippen molar-refractivity contribution in [1.82, 2.24) is 14.9 Å². The second-order valence-electron chi connectivity index (χ2n) is 9.06. The molecule has 2 aromatic rings. The van der Waals surface area contributed by atoms with Crippen LogP contribution >= 0.6 is 0 Å². The first-order valence-corrected chi connectivity index (χ1v) is 12.3. The lowest BCUT2D eigenvalue weighted by molar-refractivity contribution is -0.119. The quantitative estimate of drug-likeness (QED) is 0.612. The minimum absolute atomic E-state index is 0.228. The summed E-state index contributed by atoms with van der Waals surface area (Å²) in [5, 5.41) is 9.89. The minimum Gasteiger partial charge on any atom is -0.497 e. The molecule has 8 heteroatoms. The molecule has 3 N–H and O–H groups in total. The predicted molar refractivity (Wildman–Crippen MR) is 134 cm³/mol. The maximum atomic E-state index is 11.6. The highest BCUT2D eigenvalue weighted by atomic mass is 16.5. The van der Waals surface area contributed by atoms with E-state index in [0.29, 0.717) is 5.92 Å². The minimum atomic E-state index is -0.415. The smallest absolute Gasteiger partial charge is 0.226 e. The van der Waals surface area contributed by atoms with Crippen LogP contribution in [0.2, 0.25) is 0 Å². The molecule has 0 spiro atoms. The summed E-state index contributed by atoms with van der Waals surface area (Å²) < 4.78 is 5.12. The number of benzene rings is 1. The number of nitrogens with two attached hydrogens (primary N) is 1. The standard InChI is InChI=1S/C14H20N2O2.C12H19N3O/c1-18-12-6-4-11(5-7-12)13(14(15)17)10-16-8-2-3-9-16;1-4-15(5-2)12-10-8(3)6-9(16)11(10)13-7-14-12/h4-7,13H,2-3,8-10H2,1H3,(H2,15,17);7-9,16H,4-6H2,1-3H3/t;8-,9-/m.1/s1. The number of aliphatic hydroxyl groups is 1. The van der Waals surface area contributed by atoms with Gasteiger partial charge in [0.05, 0.1) is 24.8 Å². The lowest BCUT2D eigenvalue weighted by Gasteiger charge is -2.23. The highest BCUT2D eigenvalue weighted by Gasteiger charge is 2.32. The van der Waals surface area contributed by atoms with Gasteiger partial charge in [-0.05, 0) is 69.8 Å². The molecule has 1 amide bonds. The van der Waals surface area contributed by atoms with Gasteiger partial charge >= 0.3 is 0 Å². The Labute approximate surface area is 203 Å². The average Bonchev–Trinajstić information content (AvgIpc) is 3.46. The highest BCUT2D eigenvalue weighted by molar-refractivity contribution is 5.82. The van der Waals surface area contributed by atoms with E-state index in [2.05, 4.69) is 40.5 Å². The molecule has 1 aliphatic heterocycles. The Morgan fingerprint density at radius 3 is 2.41 bits per heavy atom. The topological polar surface area (TPSA) is 105 Å². The number of fused-ring (bicyclic) bond motifs is 1. The van der Waals surface area contributed by atoms with Crippen molar-refractivity contribution in [1.29, 1.82) is 0 Å². The molecule has 1 unspecified atom stereocenters. The maximum Gasteiger partial charge on any atom is 0.226 e. The fourth-order valence-corrected chi connectivity index (χ4v) is 4.90. The Morgan fingerprint density at radius 2 is 1.85 bits per heavy atom. The number of hydrogen-bond acceptors (Lipinski definition) is 7. The van der Waals surface area contributed by atoms with Crippen molar-refractivity contribution < 1.29 is 14.6 Å². The molecule has 1 aliphatic carbocycles. The van der Waals surface area contributed by atoms with Gasteiger partial charge in [0, 0.05) is 25.2 Å². The Bertz CT molecular complexity index is 927. The second kappa shape index (κ2) is 12.1. The number of primary amides is 1. The normalized spacial score (nSPS) is 20.3. The molecule has 3 atom stereocenters. The van der Waals surface area contributed by atoms with Crippen LogP contribution in [0.1, 0.15) is 74.8 Å². The summed E-state index contributed by atoms with van der Waals surface area (Å²) >= 11 is 0. The lowest BCUT2D eigenvalue weighted by atomic mass is 9.98. The van der Waals surface area contributed by atoms with Crippen LogP contribution in [0.25, 0.3) is 0 Å². The largest absolute Gasteiger partial charge is 0.497 e. The summed E-state index contributed by atoms with van der Waals surface area (Å²) in [5.41, 5.74) is 8.45. The molecule has 1 fully saturated rings. The van der Waals surface area contributed by atoms with Crippen LogP contribution in [0.15, 0.2) is 30.6 Å². The van der Waals surface area contributed by atoms with Crippen molar-refractivity contribution in [2.24, 2.45) is 5.73 Å². The van der Waals surface area contributed by atoms with E-state index in [-0.39, 0.29) is 11.8 Å². The van der Waals surface area contributed by atoms with E-state index in [0.717, 1.165) is 67.5 Å². The molecule has 2 aliphatic rings. The second-order valence-corrected chi connectivity index (χ2v) is 9.06. The van der Waals surface area contributed by atoms with Gasteiger partial charge in [-0.3, -0.25) is 4.79 Å². The van der Waals surface area contributed by atoms with Crippen molar-refractivity contribution in [3.05, 3.63) is 47.4 Å². The fourth-order valence-electron chi connectivity index (χ4n) is 4.90. The van der Waals surface area contributed by atoms with Crippen molar-refractivity contribution in [3.63, 3.8) is 0 Å². The molecule has 0 saturated carbocycles. The lowest BCUT2D eigenvalue weighted by Crippen LogP contribution is -2.33. The van der Waals surface area contributed by atoms with Gasteiger partial charge in [-0.2, -0.15) is 0 Å². The number of carbonyl (C=O) groups is 1. The van der Waals surface area contributed by atoms with Crippen LogP contribution in [-0.2, 0) is 4.79 Å². The van der Waals surface area contributed by atoms with Gasteiger partial charge in [0.25, 0.3) is 0 Å². The first-order chi connectivity index (χ1) is 16.4. The Kier molecular flexibility index (Phi) is 9.24. The maximum absolute atomic E-state index is 11.6. The molecule has 0 radical (unpaired) electrons. The van der Waals surface area contributed by atoms with Gasteiger partial charge in [0.1, 0.15) is 17.9 Å². The summed E-state index contributed by atoms with van der Waals surface area (Å²) in [6, 6.07) is 7.58. The molecule has 1 saturated heterocycles. The number of likely N-dealkylation sites (tertiary alicyclic amines) is 1. The summed E-state index contributed by atoms with van der Waals surface area (Å²) in [5.74, 6) is 1.66. The zero-order valence-corrected chi connectivity index (χ0v) is 20.9. The number of nitrogens with zero attached hydrogens (tertiary/aromatic N) is 4. The number of methoxy groups -OCH3 is 1. The molecule has 1 aromatic heterocycles. The molecule has 0 bridgehead atoms. The Balaban J connectivity index is 0.000000192. The van der Waals surface area contributed by atoms with E-state index in [1.54, 1.807) is 13.4 Å². The van der Waals surface area contributed by atoms with Gasteiger partial charge in [0.15, 0.2) is 0 Å². The van der Waals surface area contributed by atoms with Crippen LogP contribution in [0.5, 0.6) is 5.75 Å². The first kappa shape index (κ1) is 25.9. The predicted octanol–water partition coefficient (Wildman–Crippen LogP) is 3.22. The van der Waals surface area contributed by atoms with Crippen molar-refractivity contribution in [2.75, 3.05) is 44.7 Å². The summed E-state index contributed by atoms with van der Waals surface area (Å²) in [6.07, 6.45) is 4.35. The monoisotopic (exact) mass is 469 g/mol. The number of carbonyl (C=O) groups excluding carboxylic acids is 1. The van der Waals surface area contributed by atoms with E-state index >= 15 is 0 Å². The highest BCUT2D eigenvalue weighted by Crippen LogP contribution is 2.42. The summed E-state index contributed by atoms with van der Waals surface area (Å²) in [6.45, 7) is 11.1. The number of ether oxygens (including phenoxy) is 1. The third kappa shape index (κ3) is 6.04. The third-order valence-corrected chi connectivity index (χ3v) is 6.84. The molecule has 186 valence electrons. The van der Waals surface area contributed by atoms with Gasteiger partial charge in [-0.25, -0.2) is 9.97 Å². The van der Waals surface area contributed by atoms with E-state index in [9.17, 15) is 9.90 Å². The fraction of sp³-hybridized carbons (Fsp3) is 0.577. The van der Waals surface area contributed by atoms with E-state index < -0.39 is 6.10 Å². The van der Waals surface area contributed by atoms with Crippen molar-refractivity contribution in [3.8, 4) is 5.75 Å². The number of aliphatic hydroxyl groups excluding tert-OH is 1. The zero-order chi connectivity index (χ0) is 24.7. The summed E-state index contributed by atoms with van der Waals surface area (Å²) in [4.78, 5) is 24.7. The molecular formula is C26H39N5O3. The molecule has 4 rings (SSSR count). The molecule has 2 heterocycles.